The van der Waals surface area contributed by atoms with Gasteiger partial charge < -0.3 is 14.8 Å². The number of halogens is 1. The Balaban J connectivity index is 1.82. The Labute approximate surface area is 182 Å². The van der Waals surface area contributed by atoms with Crippen LogP contribution in [0.2, 0.25) is 5.02 Å². The van der Waals surface area contributed by atoms with E-state index in [1.54, 1.807) is 30.3 Å². The van der Waals surface area contributed by atoms with Crippen molar-refractivity contribution >= 4 is 23.2 Å². The summed E-state index contributed by atoms with van der Waals surface area (Å²) in [4.78, 5) is 12.7. The van der Waals surface area contributed by atoms with Crippen LogP contribution < -0.4 is 14.8 Å². The zero-order valence-corrected chi connectivity index (χ0v) is 18.5. The SMILES string of the molecule is CCOc1ccc(C(=O)Nc2ccc(Cl)cc2)cc1COc1cc(C)cc(C)c1C. The lowest BCUT2D eigenvalue weighted by atomic mass is 10.1. The number of carbonyl (C=O) groups is 1. The maximum atomic E-state index is 12.7. The molecular weight excluding hydrogens is 398 g/mol. The van der Waals surface area contributed by atoms with E-state index in [-0.39, 0.29) is 5.91 Å². The van der Waals surface area contributed by atoms with E-state index < -0.39 is 0 Å². The lowest BCUT2D eigenvalue weighted by Crippen LogP contribution is -2.13. The summed E-state index contributed by atoms with van der Waals surface area (Å²) >= 11 is 5.91. The van der Waals surface area contributed by atoms with Crippen LogP contribution in [0, 0.1) is 20.8 Å². The van der Waals surface area contributed by atoms with Crippen LogP contribution in [0.15, 0.2) is 54.6 Å². The normalized spacial score (nSPS) is 10.6. The van der Waals surface area contributed by atoms with Gasteiger partial charge in [0.05, 0.1) is 6.61 Å². The molecule has 0 aliphatic rings. The topological polar surface area (TPSA) is 47.6 Å². The van der Waals surface area contributed by atoms with E-state index in [0.717, 1.165) is 22.4 Å². The molecule has 0 saturated heterocycles. The van der Waals surface area contributed by atoms with Gasteiger partial charge in [0.1, 0.15) is 18.1 Å². The zero-order chi connectivity index (χ0) is 21.7. The standard InChI is InChI=1S/C25H26ClNO3/c1-5-29-23-11-6-19(25(28)27-22-9-7-21(26)8-10-22)14-20(23)15-30-24-13-16(2)12-17(3)18(24)4/h6-14H,5,15H2,1-4H3,(H,27,28). The Morgan fingerprint density at radius 2 is 1.67 bits per heavy atom. The lowest BCUT2D eigenvalue weighted by Gasteiger charge is -2.16. The number of hydrogen-bond donors (Lipinski definition) is 1. The van der Waals surface area contributed by atoms with E-state index in [4.69, 9.17) is 21.1 Å². The highest BCUT2D eigenvalue weighted by atomic mass is 35.5. The molecule has 1 N–H and O–H groups in total. The molecule has 0 bridgehead atoms. The third kappa shape index (κ3) is 5.33. The molecule has 156 valence electrons. The van der Waals surface area contributed by atoms with Gasteiger partial charge in [-0.2, -0.15) is 0 Å². The maximum absolute atomic E-state index is 12.7. The first-order chi connectivity index (χ1) is 14.4. The van der Waals surface area contributed by atoms with E-state index in [9.17, 15) is 4.79 Å². The Bertz CT molecular complexity index is 1050. The predicted molar refractivity (Wildman–Crippen MR) is 122 cm³/mol. The van der Waals surface area contributed by atoms with Gasteiger partial charge >= 0.3 is 0 Å². The number of carbonyl (C=O) groups excluding carboxylic acids is 1. The monoisotopic (exact) mass is 423 g/mol. The van der Waals surface area contributed by atoms with Gasteiger partial charge in [-0.05, 0) is 92.9 Å². The highest BCUT2D eigenvalue weighted by Gasteiger charge is 2.13. The molecule has 4 nitrogen and oxygen atoms in total. The lowest BCUT2D eigenvalue weighted by molar-refractivity contribution is 0.102. The van der Waals surface area contributed by atoms with Crippen molar-refractivity contribution in [1.82, 2.24) is 0 Å². The van der Waals surface area contributed by atoms with Crippen LogP contribution in [0.4, 0.5) is 5.69 Å². The third-order valence-electron chi connectivity index (χ3n) is 4.87. The van der Waals surface area contributed by atoms with E-state index in [2.05, 4.69) is 18.3 Å². The smallest absolute Gasteiger partial charge is 0.255 e. The minimum atomic E-state index is -0.204. The largest absolute Gasteiger partial charge is 0.493 e. The first kappa shape index (κ1) is 21.7. The van der Waals surface area contributed by atoms with Crippen molar-refractivity contribution in [2.24, 2.45) is 0 Å². The molecule has 1 amide bonds. The molecule has 0 heterocycles. The van der Waals surface area contributed by atoms with Gasteiger partial charge in [-0.15, -0.1) is 0 Å². The number of aryl methyl sites for hydroxylation is 2. The zero-order valence-electron chi connectivity index (χ0n) is 17.7. The molecular formula is C25H26ClNO3. The van der Waals surface area contributed by atoms with E-state index in [0.29, 0.717) is 35.2 Å². The predicted octanol–water partition coefficient (Wildman–Crippen LogP) is 6.50. The summed E-state index contributed by atoms with van der Waals surface area (Å²) in [6.07, 6.45) is 0. The molecule has 0 radical (unpaired) electrons. The quantitative estimate of drug-likeness (QED) is 0.472. The molecule has 0 unspecified atom stereocenters. The van der Waals surface area contributed by atoms with E-state index >= 15 is 0 Å². The van der Waals surface area contributed by atoms with Gasteiger partial charge in [-0.3, -0.25) is 4.79 Å². The van der Waals surface area contributed by atoms with Crippen molar-refractivity contribution in [1.29, 1.82) is 0 Å². The van der Waals surface area contributed by atoms with Crippen LogP contribution in [0.25, 0.3) is 0 Å². The van der Waals surface area contributed by atoms with Crippen molar-refractivity contribution < 1.29 is 14.3 Å². The second-order valence-electron chi connectivity index (χ2n) is 7.21. The fourth-order valence-electron chi connectivity index (χ4n) is 3.17. The molecule has 0 aromatic heterocycles. The summed E-state index contributed by atoms with van der Waals surface area (Å²) in [5, 5.41) is 3.50. The summed E-state index contributed by atoms with van der Waals surface area (Å²) in [5.74, 6) is 1.35. The average Bonchev–Trinajstić information content (AvgIpc) is 2.72. The number of nitrogens with one attached hydrogen (secondary N) is 1. The Hall–Kier alpha value is -2.98. The molecule has 5 heteroatoms. The highest BCUT2D eigenvalue weighted by Crippen LogP contribution is 2.27. The third-order valence-corrected chi connectivity index (χ3v) is 5.12. The second kappa shape index (κ2) is 9.68. The van der Waals surface area contributed by atoms with Crippen LogP contribution in [0.5, 0.6) is 11.5 Å². The molecule has 0 atom stereocenters. The van der Waals surface area contributed by atoms with Gasteiger partial charge in [0, 0.05) is 21.8 Å². The van der Waals surface area contributed by atoms with Crippen molar-refractivity contribution in [3.63, 3.8) is 0 Å². The number of anilines is 1. The maximum Gasteiger partial charge on any atom is 0.255 e. The number of benzene rings is 3. The fraction of sp³-hybridized carbons (Fsp3) is 0.240. The number of rotatable bonds is 7. The van der Waals surface area contributed by atoms with Crippen LogP contribution in [0.1, 0.15) is 39.5 Å². The first-order valence-corrected chi connectivity index (χ1v) is 10.3. The first-order valence-electron chi connectivity index (χ1n) is 9.90. The number of ether oxygens (including phenoxy) is 2. The number of amides is 1. The number of hydrogen-bond acceptors (Lipinski definition) is 3. The summed E-state index contributed by atoms with van der Waals surface area (Å²) in [7, 11) is 0. The average molecular weight is 424 g/mol. The Kier molecular flexibility index (Phi) is 7.01. The molecule has 0 saturated carbocycles. The van der Waals surface area contributed by atoms with Crippen LogP contribution in [-0.4, -0.2) is 12.5 Å². The molecule has 3 aromatic rings. The summed E-state index contributed by atoms with van der Waals surface area (Å²) in [6, 6.07) is 16.5. The molecule has 0 aliphatic carbocycles. The highest BCUT2D eigenvalue weighted by molar-refractivity contribution is 6.30. The van der Waals surface area contributed by atoms with Gasteiger partial charge in [-0.1, -0.05) is 17.7 Å². The van der Waals surface area contributed by atoms with Crippen LogP contribution in [-0.2, 0) is 6.61 Å². The van der Waals surface area contributed by atoms with E-state index in [1.807, 2.05) is 39.0 Å². The van der Waals surface area contributed by atoms with Crippen molar-refractivity contribution in [3.05, 3.63) is 87.4 Å². The van der Waals surface area contributed by atoms with E-state index in [1.165, 1.54) is 5.56 Å². The minimum Gasteiger partial charge on any atom is -0.493 e. The Morgan fingerprint density at radius 1 is 0.933 bits per heavy atom. The van der Waals surface area contributed by atoms with Gasteiger partial charge in [0.25, 0.3) is 5.91 Å². The van der Waals surface area contributed by atoms with Crippen molar-refractivity contribution in [2.75, 3.05) is 11.9 Å². The summed E-state index contributed by atoms with van der Waals surface area (Å²) in [5.41, 5.74) is 5.47. The van der Waals surface area contributed by atoms with Crippen molar-refractivity contribution in [2.45, 2.75) is 34.3 Å². The van der Waals surface area contributed by atoms with Gasteiger partial charge in [-0.25, -0.2) is 0 Å². The molecule has 30 heavy (non-hydrogen) atoms. The van der Waals surface area contributed by atoms with Crippen molar-refractivity contribution in [3.8, 4) is 11.5 Å². The molecule has 0 aliphatic heterocycles. The summed E-state index contributed by atoms with van der Waals surface area (Å²) < 4.78 is 11.9. The second-order valence-corrected chi connectivity index (χ2v) is 7.65. The molecule has 3 rings (SSSR count). The van der Waals surface area contributed by atoms with Crippen LogP contribution >= 0.6 is 11.6 Å². The molecule has 3 aromatic carbocycles. The molecule has 0 spiro atoms. The van der Waals surface area contributed by atoms with Gasteiger partial charge in [0.2, 0.25) is 0 Å². The molecule has 0 fully saturated rings. The fourth-order valence-corrected chi connectivity index (χ4v) is 3.30. The Morgan fingerprint density at radius 3 is 2.37 bits per heavy atom. The van der Waals surface area contributed by atoms with Gasteiger partial charge in [0.15, 0.2) is 0 Å². The minimum absolute atomic E-state index is 0.204. The van der Waals surface area contributed by atoms with Crippen LogP contribution in [0.3, 0.4) is 0 Å². The summed E-state index contributed by atoms with van der Waals surface area (Å²) in [6.45, 7) is 8.94.